The lowest BCUT2D eigenvalue weighted by molar-refractivity contribution is -0.126. The highest BCUT2D eigenvalue weighted by Gasteiger charge is 2.32. The molecule has 0 unspecified atom stereocenters. The zero-order chi connectivity index (χ0) is 24.7. The first-order chi connectivity index (χ1) is 16.9. The van der Waals surface area contributed by atoms with Crippen molar-refractivity contribution in [2.75, 3.05) is 13.1 Å². The molecule has 1 saturated heterocycles. The van der Waals surface area contributed by atoms with E-state index in [0.29, 0.717) is 25.2 Å². The molecule has 0 radical (unpaired) electrons. The van der Waals surface area contributed by atoms with Crippen LogP contribution in [0.25, 0.3) is 0 Å². The Labute approximate surface area is 204 Å². The standard InChI is InChI=1S/C26H26FN3O4S/c27-23-9-11-25(12-10-23)35(32,33)30-15-13-22(14-16-30)26(31)29-28-18-21-7-4-8-24(17-21)34-19-20-5-2-1-3-6-20/h1-12,17-18,22H,13-16,19H2,(H,29,31)/b28-18-. The van der Waals surface area contributed by atoms with Gasteiger partial charge < -0.3 is 4.74 Å². The highest BCUT2D eigenvalue weighted by atomic mass is 32.2. The molecule has 1 aliphatic rings. The lowest BCUT2D eigenvalue weighted by Crippen LogP contribution is -2.42. The van der Waals surface area contributed by atoms with E-state index in [0.717, 1.165) is 23.3 Å². The first-order valence-corrected chi connectivity index (χ1v) is 12.7. The summed E-state index contributed by atoms with van der Waals surface area (Å²) < 4.78 is 45.7. The molecule has 3 aromatic rings. The molecular weight excluding hydrogens is 469 g/mol. The van der Waals surface area contributed by atoms with Gasteiger partial charge in [-0.05, 0) is 60.4 Å². The molecule has 1 heterocycles. The molecule has 0 saturated carbocycles. The minimum absolute atomic E-state index is 0.0429. The Hall–Kier alpha value is -3.56. The summed E-state index contributed by atoms with van der Waals surface area (Å²) in [5.41, 5.74) is 4.39. The number of benzene rings is 3. The Morgan fingerprint density at radius 3 is 2.46 bits per heavy atom. The quantitative estimate of drug-likeness (QED) is 0.379. The van der Waals surface area contributed by atoms with Crippen LogP contribution in [0.5, 0.6) is 5.75 Å². The van der Waals surface area contributed by atoms with Gasteiger partial charge in [-0.15, -0.1) is 0 Å². The third kappa shape index (κ3) is 6.52. The van der Waals surface area contributed by atoms with Crippen LogP contribution in [0.1, 0.15) is 24.0 Å². The summed E-state index contributed by atoms with van der Waals surface area (Å²) in [6.07, 6.45) is 2.30. The van der Waals surface area contributed by atoms with Crippen molar-refractivity contribution >= 4 is 22.1 Å². The molecule has 1 N–H and O–H groups in total. The number of carbonyl (C=O) groups excluding carboxylic acids is 1. The van der Waals surface area contributed by atoms with Gasteiger partial charge in [0.2, 0.25) is 15.9 Å². The predicted octanol–water partition coefficient (Wildman–Crippen LogP) is 3.96. The minimum Gasteiger partial charge on any atom is -0.489 e. The number of halogens is 1. The van der Waals surface area contributed by atoms with E-state index < -0.39 is 15.8 Å². The molecule has 182 valence electrons. The third-order valence-corrected chi connectivity index (χ3v) is 7.68. The van der Waals surface area contributed by atoms with Crippen molar-refractivity contribution in [2.24, 2.45) is 11.0 Å². The number of ether oxygens (including phenoxy) is 1. The minimum atomic E-state index is -3.71. The molecule has 1 fully saturated rings. The molecule has 9 heteroatoms. The SMILES string of the molecule is O=C(N/N=C\c1cccc(OCc2ccccc2)c1)C1CCN(S(=O)(=O)c2ccc(F)cc2)CC1. The average Bonchev–Trinajstić information content (AvgIpc) is 2.88. The zero-order valence-electron chi connectivity index (χ0n) is 19.0. The highest BCUT2D eigenvalue weighted by molar-refractivity contribution is 7.89. The van der Waals surface area contributed by atoms with Gasteiger partial charge in [-0.25, -0.2) is 18.2 Å². The second-order valence-electron chi connectivity index (χ2n) is 8.21. The number of nitrogens with one attached hydrogen (secondary N) is 1. The van der Waals surface area contributed by atoms with Gasteiger partial charge in [-0.2, -0.15) is 9.41 Å². The number of hydrazone groups is 1. The summed E-state index contributed by atoms with van der Waals surface area (Å²) >= 11 is 0. The van der Waals surface area contributed by atoms with Gasteiger partial charge in [0.05, 0.1) is 11.1 Å². The number of hydrogen-bond donors (Lipinski definition) is 1. The van der Waals surface area contributed by atoms with Crippen molar-refractivity contribution in [1.82, 2.24) is 9.73 Å². The second-order valence-corrected chi connectivity index (χ2v) is 10.2. The predicted molar refractivity (Wildman–Crippen MR) is 131 cm³/mol. The van der Waals surface area contributed by atoms with Crippen LogP contribution in [0.2, 0.25) is 0 Å². The topological polar surface area (TPSA) is 88.1 Å². The molecule has 0 aromatic heterocycles. The van der Waals surface area contributed by atoms with Gasteiger partial charge in [0.1, 0.15) is 18.2 Å². The molecule has 35 heavy (non-hydrogen) atoms. The average molecular weight is 496 g/mol. The maximum absolute atomic E-state index is 13.1. The number of amides is 1. The molecule has 1 amide bonds. The first-order valence-electron chi connectivity index (χ1n) is 11.3. The maximum Gasteiger partial charge on any atom is 0.243 e. The van der Waals surface area contributed by atoms with Crippen LogP contribution < -0.4 is 10.2 Å². The summed E-state index contributed by atoms with van der Waals surface area (Å²) in [5.74, 6) is -0.394. The zero-order valence-corrected chi connectivity index (χ0v) is 19.8. The van der Waals surface area contributed by atoms with E-state index in [2.05, 4.69) is 10.5 Å². The first kappa shape index (κ1) is 24.6. The Bertz CT molecular complexity index is 1270. The van der Waals surface area contributed by atoms with Gasteiger partial charge in [-0.1, -0.05) is 42.5 Å². The molecule has 3 aromatic carbocycles. The van der Waals surface area contributed by atoms with E-state index in [1.807, 2.05) is 54.6 Å². The van der Waals surface area contributed by atoms with Crippen LogP contribution >= 0.6 is 0 Å². The van der Waals surface area contributed by atoms with E-state index in [-0.39, 0.29) is 29.8 Å². The summed E-state index contributed by atoms with van der Waals surface area (Å²) in [6, 6.07) is 22.0. The fraction of sp³-hybridized carbons (Fsp3) is 0.231. The van der Waals surface area contributed by atoms with Crippen molar-refractivity contribution in [2.45, 2.75) is 24.3 Å². The van der Waals surface area contributed by atoms with Crippen molar-refractivity contribution in [3.8, 4) is 5.75 Å². The number of nitrogens with zero attached hydrogens (tertiary/aromatic N) is 2. The van der Waals surface area contributed by atoms with Crippen molar-refractivity contribution in [3.63, 3.8) is 0 Å². The Morgan fingerprint density at radius 1 is 1.03 bits per heavy atom. The van der Waals surface area contributed by atoms with E-state index in [4.69, 9.17) is 4.74 Å². The molecular formula is C26H26FN3O4S. The van der Waals surface area contributed by atoms with E-state index in [9.17, 15) is 17.6 Å². The smallest absolute Gasteiger partial charge is 0.243 e. The third-order valence-electron chi connectivity index (χ3n) is 5.77. The summed E-state index contributed by atoms with van der Waals surface area (Å²) in [4.78, 5) is 12.6. The Balaban J connectivity index is 1.26. The van der Waals surface area contributed by atoms with Crippen LogP contribution in [0, 0.1) is 11.7 Å². The van der Waals surface area contributed by atoms with Crippen LogP contribution in [0.3, 0.4) is 0 Å². The van der Waals surface area contributed by atoms with E-state index in [1.165, 1.54) is 16.4 Å². The number of carbonyl (C=O) groups is 1. The number of rotatable bonds is 8. The molecule has 4 rings (SSSR count). The van der Waals surface area contributed by atoms with Crippen LogP contribution in [0.15, 0.2) is 88.9 Å². The Kier molecular flexibility index (Phi) is 7.89. The molecule has 0 atom stereocenters. The highest BCUT2D eigenvalue weighted by Crippen LogP contribution is 2.24. The second kappa shape index (κ2) is 11.2. The fourth-order valence-corrected chi connectivity index (χ4v) is 5.27. The van der Waals surface area contributed by atoms with Crippen molar-refractivity contribution < 1.29 is 22.3 Å². The van der Waals surface area contributed by atoms with Crippen molar-refractivity contribution in [1.29, 1.82) is 0 Å². The Morgan fingerprint density at radius 2 is 1.74 bits per heavy atom. The number of hydrogen-bond acceptors (Lipinski definition) is 5. The van der Waals surface area contributed by atoms with Gasteiger partial charge >= 0.3 is 0 Å². The van der Waals surface area contributed by atoms with E-state index in [1.54, 1.807) is 6.21 Å². The lowest BCUT2D eigenvalue weighted by Gasteiger charge is -2.30. The van der Waals surface area contributed by atoms with Crippen LogP contribution in [-0.2, 0) is 21.4 Å². The molecule has 0 bridgehead atoms. The van der Waals surface area contributed by atoms with E-state index >= 15 is 0 Å². The summed E-state index contributed by atoms with van der Waals surface area (Å²) in [5, 5.41) is 4.05. The van der Waals surface area contributed by atoms with Crippen molar-refractivity contribution in [3.05, 3.63) is 95.8 Å². The molecule has 1 aliphatic heterocycles. The molecule has 0 aliphatic carbocycles. The largest absolute Gasteiger partial charge is 0.489 e. The lowest BCUT2D eigenvalue weighted by atomic mass is 9.98. The van der Waals surface area contributed by atoms with Gasteiger partial charge in [0.15, 0.2) is 0 Å². The van der Waals surface area contributed by atoms with Crippen LogP contribution in [0.4, 0.5) is 4.39 Å². The normalized spacial score (nSPS) is 15.2. The fourth-order valence-electron chi connectivity index (χ4n) is 3.80. The van der Waals surface area contributed by atoms with Gasteiger partial charge in [0.25, 0.3) is 0 Å². The monoisotopic (exact) mass is 495 g/mol. The molecule has 0 spiro atoms. The van der Waals surface area contributed by atoms with Gasteiger partial charge in [-0.3, -0.25) is 4.79 Å². The number of sulfonamides is 1. The van der Waals surface area contributed by atoms with Crippen LogP contribution in [-0.4, -0.2) is 37.9 Å². The number of piperidine rings is 1. The maximum atomic E-state index is 13.1. The van der Waals surface area contributed by atoms with Gasteiger partial charge in [0, 0.05) is 19.0 Å². The molecule has 7 nitrogen and oxygen atoms in total. The summed E-state index contributed by atoms with van der Waals surface area (Å²) in [7, 11) is -3.71. The summed E-state index contributed by atoms with van der Waals surface area (Å²) in [6.45, 7) is 0.873.